The van der Waals surface area contributed by atoms with Crippen LogP contribution in [0.2, 0.25) is 0 Å². The van der Waals surface area contributed by atoms with Gasteiger partial charge in [0.2, 0.25) is 0 Å². The van der Waals surface area contributed by atoms with Gasteiger partial charge in [0, 0.05) is 6.61 Å². The summed E-state index contributed by atoms with van der Waals surface area (Å²) < 4.78 is 5.52. The molecule has 0 N–H and O–H groups in total. The highest BCUT2D eigenvalue weighted by atomic mass is 35.5. The van der Waals surface area contributed by atoms with Crippen molar-refractivity contribution >= 4 is 17.9 Å². The highest BCUT2D eigenvalue weighted by molar-refractivity contribution is 6.27. The van der Waals surface area contributed by atoms with E-state index in [-0.39, 0.29) is 16.9 Å². The molecule has 0 aliphatic carbocycles. The zero-order valence-corrected chi connectivity index (χ0v) is 8.30. The Morgan fingerprint density at radius 1 is 1.67 bits per heavy atom. The first-order valence-electron chi connectivity index (χ1n) is 4.28. The van der Waals surface area contributed by atoms with Gasteiger partial charge >= 0.3 is 0 Å². The van der Waals surface area contributed by atoms with Crippen LogP contribution in [0.1, 0.15) is 26.7 Å². The molecule has 0 aromatic heterocycles. The molecule has 0 saturated carbocycles. The van der Waals surface area contributed by atoms with E-state index in [1.807, 2.05) is 13.8 Å². The molecule has 1 rings (SSSR count). The van der Waals surface area contributed by atoms with E-state index < -0.39 is 0 Å². The first-order chi connectivity index (χ1) is 5.55. The van der Waals surface area contributed by atoms with Crippen LogP contribution in [0.15, 0.2) is 0 Å². The van der Waals surface area contributed by atoms with Gasteiger partial charge in [-0.25, -0.2) is 0 Å². The summed E-state index contributed by atoms with van der Waals surface area (Å²) in [5, 5.41) is -0.340. The molecule has 1 aliphatic heterocycles. The third kappa shape index (κ3) is 2.46. The van der Waals surface area contributed by atoms with E-state index in [4.69, 9.17) is 16.3 Å². The molecule has 0 spiro atoms. The van der Waals surface area contributed by atoms with Gasteiger partial charge < -0.3 is 9.53 Å². The van der Waals surface area contributed by atoms with E-state index in [1.54, 1.807) is 0 Å². The number of hydrogen-bond donors (Lipinski definition) is 0. The summed E-state index contributed by atoms with van der Waals surface area (Å²) in [6.07, 6.45) is 2.60. The van der Waals surface area contributed by atoms with Crippen molar-refractivity contribution in [1.29, 1.82) is 0 Å². The fourth-order valence-electron chi connectivity index (χ4n) is 1.66. The highest BCUT2D eigenvalue weighted by Gasteiger charge is 2.32. The largest absolute Gasteiger partial charge is 0.376 e. The molecule has 0 amide bonds. The number of carbonyl (C=O) groups excluding carboxylic acids is 1. The number of aldehydes is 1. The van der Waals surface area contributed by atoms with Gasteiger partial charge in [0.1, 0.15) is 6.29 Å². The predicted molar refractivity (Wildman–Crippen MR) is 48.5 cm³/mol. The molecule has 1 fully saturated rings. The standard InChI is InChI=1S/C9H15ClO2/c1-9(2)5-7(3-4-12-9)8(10)6-11/h6-8H,3-5H2,1-2H3. The molecule has 2 nitrogen and oxygen atoms in total. The van der Waals surface area contributed by atoms with Crippen LogP contribution in [0.5, 0.6) is 0 Å². The molecular formula is C9H15ClO2. The summed E-state index contributed by atoms with van der Waals surface area (Å²) in [5.74, 6) is 0.285. The molecule has 3 heteroatoms. The van der Waals surface area contributed by atoms with E-state index in [9.17, 15) is 4.79 Å². The fourth-order valence-corrected chi connectivity index (χ4v) is 1.88. The lowest BCUT2D eigenvalue weighted by Gasteiger charge is -2.36. The van der Waals surface area contributed by atoms with Crippen LogP contribution in [-0.2, 0) is 9.53 Å². The SMILES string of the molecule is CC1(C)CC(C(Cl)C=O)CCO1. The molecule has 2 atom stereocenters. The number of hydrogen-bond acceptors (Lipinski definition) is 2. The van der Waals surface area contributed by atoms with Gasteiger partial charge in [-0.1, -0.05) is 0 Å². The number of ether oxygens (including phenoxy) is 1. The average molecular weight is 191 g/mol. The summed E-state index contributed by atoms with van der Waals surface area (Å²) in [6, 6.07) is 0. The van der Waals surface area contributed by atoms with Crippen molar-refractivity contribution in [2.75, 3.05) is 6.61 Å². The molecule has 1 aliphatic rings. The third-order valence-electron chi connectivity index (χ3n) is 2.32. The summed E-state index contributed by atoms with van der Waals surface area (Å²) in [5.41, 5.74) is -0.112. The van der Waals surface area contributed by atoms with Crippen LogP contribution < -0.4 is 0 Å². The smallest absolute Gasteiger partial charge is 0.138 e. The third-order valence-corrected chi connectivity index (χ3v) is 2.77. The number of alkyl halides is 1. The van der Waals surface area contributed by atoms with Gasteiger partial charge in [-0.2, -0.15) is 0 Å². The molecule has 0 radical (unpaired) electrons. The monoisotopic (exact) mass is 190 g/mol. The number of rotatable bonds is 2. The highest BCUT2D eigenvalue weighted by Crippen LogP contribution is 2.31. The van der Waals surface area contributed by atoms with Gasteiger partial charge in [-0.3, -0.25) is 0 Å². The van der Waals surface area contributed by atoms with Crippen LogP contribution in [0.4, 0.5) is 0 Å². The van der Waals surface area contributed by atoms with Crippen molar-refractivity contribution < 1.29 is 9.53 Å². The molecule has 12 heavy (non-hydrogen) atoms. The van der Waals surface area contributed by atoms with Crippen LogP contribution in [-0.4, -0.2) is 23.9 Å². The lowest BCUT2D eigenvalue weighted by molar-refractivity contribution is -0.111. The Kier molecular flexibility index (Phi) is 3.13. The first-order valence-corrected chi connectivity index (χ1v) is 4.72. The Labute approximate surface area is 78.2 Å². The van der Waals surface area contributed by atoms with Crippen molar-refractivity contribution in [3.05, 3.63) is 0 Å². The molecule has 0 aromatic rings. The second-order valence-corrected chi connectivity index (χ2v) is 4.45. The molecular weight excluding hydrogens is 176 g/mol. The number of carbonyl (C=O) groups is 1. The van der Waals surface area contributed by atoms with Crippen molar-refractivity contribution in [2.45, 2.75) is 37.7 Å². The topological polar surface area (TPSA) is 26.3 Å². The lowest BCUT2D eigenvalue weighted by Crippen LogP contribution is -2.37. The Morgan fingerprint density at radius 3 is 2.83 bits per heavy atom. The van der Waals surface area contributed by atoms with E-state index in [2.05, 4.69) is 0 Å². The number of halogens is 1. The summed E-state index contributed by atoms with van der Waals surface area (Å²) in [7, 11) is 0. The summed E-state index contributed by atoms with van der Waals surface area (Å²) in [6.45, 7) is 4.79. The van der Waals surface area contributed by atoms with Crippen LogP contribution >= 0.6 is 11.6 Å². The van der Waals surface area contributed by atoms with Crippen molar-refractivity contribution in [1.82, 2.24) is 0 Å². The van der Waals surface area contributed by atoms with Crippen molar-refractivity contribution in [2.24, 2.45) is 5.92 Å². The van der Waals surface area contributed by atoms with E-state index in [0.29, 0.717) is 6.61 Å². The summed E-state index contributed by atoms with van der Waals surface area (Å²) >= 11 is 5.85. The molecule has 0 bridgehead atoms. The van der Waals surface area contributed by atoms with Gasteiger partial charge in [0.05, 0.1) is 11.0 Å². The zero-order valence-electron chi connectivity index (χ0n) is 7.55. The van der Waals surface area contributed by atoms with Crippen LogP contribution in [0.3, 0.4) is 0 Å². The summed E-state index contributed by atoms with van der Waals surface area (Å²) in [4.78, 5) is 10.4. The maximum absolute atomic E-state index is 10.4. The molecule has 1 saturated heterocycles. The van der Waals surface area contributed by atoms with Crippen molar-refractivity contribution in [3.63, 3.8) is 0 Å². The molecule has 1 heterocycles. The Hall–Kier alpha value is -0.0800. The first kappa shape index (κ1) is 10.0. The Morgan fingerprint density at radius 2 is 2.33 bits per heavy atom. The van der Waals surface area contributed by atoms with Gasteiger partial charge in [-0.15, -0.1) is 11.6 Å². The second-order valence-electron chi connectivity index (χ2n) is 3.94. The van der Waals surface area contributed by atoms with E-state index in [0.717, 1.165) is 19.1 Å². The normalized spacial score (nSPS) is 31.1. The molecule has 2 unspecified atom stereocenters. The van der Waals surface area contributed by atoms with Crippen LogP contribution in [0, 0.1) is 5.92 Å². The zero-order chi connectivity index (χ0) is 9.19. The second kappa shape index (κ2) is 3.75. The maximum Gasteiger partial charge on any atom is 0.138 e. The van der Waals surface area contributed by atoms with Gasteiger partial charge in [0.25, 0.3) is 0 Å². The Bertz CT molecular complexity index is 168. The van der Waals surface area contributed by atoms with E-state index in [1.165, 1.54) is 0 Å². The van der Waals surface area contributed by atoms with E-state index >= 15 is 0 Å². The molecule has 0 aromatic carbocycles. The lowest BCUT2D eigenvalue weighted by atomic mass is 9.86. The molecule has 70 valence electrons. The predicted octanol–water partition coefficient (Wildman–Crippen LogP) is 2.00. The van der Waals surface area contributed by atoms with Gasteiger partial charge in [0.15, 0.2) is 0 Å². The average Bonchev–Trinajstić information content (AvgIpc) is 2.01. The Balaban J connectivity index is 2.51. The minimum atomic E-state index is -0.340. The fraction of sp³-hybridized carbons (Fsp3) is 0.889. The van der Waals surface area contributed by atoms with Crippen molar-refractivity contribution in [3.8, 4) is 0 Å². The quantitative estimate of drug-likeness (QED) is 0.492. The minimum absolute atomic E-state index is 0.112. The minimum Gasteiger partial charge on any atom is -0.376 e. The van der Waals surface area contributed by atoms with Gasteiger partial charge in [-0.05, 0) is 32.6 Å². The van der Waals surface area contributed by atoms with Crippen LogP contribution in [0.25, 0.3) is 0 Å². The maximum atomic E-state index is 10.4.